The first-order chi connectivity index (χ1) is 3.48. The van der Waals surface area contributed by atoms with Gasteiger partial charge in [0.1, 0.15) is 4.87 Å². The number of hydrogen-bond donors (Lipinski definition) is 1. The number of amides is 1. The summed E-state index contributed by atoms with van der Waals surface area (Å²) < 4.78 is 0. The van der Waals surface area contributed by atoms with E-state index in [0.29, 0.717) is 0 Å². The second-order valence-corrected chi connectivity index (χ2v) is 3.03. The van der Waals surface area contributed by atoms with E-state index in [1.807, 2.05) is 4.84 Å². The molecule has 0 spiro atoms. The molecule has 0 unspecified atom stereocenters. The highest BCUT2D eigenvalue weighted by Crippen LogP contribution is 2.11. The molecule has 0 heterocycles. The van der Waals surface area contributed by atoms with E-state index >= 15 is 0 Å². The first-order valence-electron chi connectivity index (χ1n) is 2.08. The number of carbonyl (C=O) groups excluding carboxylic acids is 1. The van der Waals surface area contributed by atoms with Gasteiger partial charge in [0.25, 0.3) is 5.91 Å². The minimum atomic E-state index is -0.901. The van der Waals surface area contributed by atoms with Crippen LogP contribution in [-0.4, -0.2) is 10.8 Å². The van der Waals surface area contributed by atoms with Gasteiger partial charge in [0.05, 0.1) is 0 Å². The van der Waals surface area contributed by atoms with E-state index in [9.17, 15) is 4.79 Å². The Morgan fingerprint density at radius 2 is 2.00 bits per heavy atom. The molecule has 1 N–H and O–H groups in total. The van der Waals surface area contributed by atoms with Crippen LogP contribution in [0.1, 0.15) is 13.8 Å². The van der Waals surface area contributed by atoms with Crippen LogP contribution in [0.3, 0.4) is 0 Å². The van der Waals surface area contributed by atoms with Crippen LogP contribution in [0.4, 0.5) is 0 Å². The summed E-state index contributed by atoms with van der Waals surface area (Å²) in [6.45, 7) is 3.12. The maximum Gasteiger partial charge on any atom is 0.254 e. The Hall–Kier alpha value is 0.0500. The van der Waals surface area contributed by atoms with Crippen LogP contribution in [0.15, 0.2) is 0 Å². The van der Waals surface area contributed by atoms with Crippen LogP contribution >= 0.6 is 23.4 Å². The number of nitrogens with one attached hydrogen (secondary N) is 1. The maximum absolute atomic E-state index is 10.5. The van der Waals surface area contributed by atoms with E-state index in [4.69, 9.17) is 23.4 Å². The number of rotatable bonds is 1. The zero-order valence-electron chi connectivity index (χ0n) is 4.66. The molecule has 0 saturated heterocycles. The molecule has 48 valence electrons. The minimum absolute atomic E-state index is 0.388. The van der Waals surface area contributed by atoms with E-state index in [1.54, 1.807) is 13.8 Å². The van der Waals surface area contributed by atoms with Crippen molar-refractivity contribution in [1.29, 1.82) is 0 Å². The summed E-state index contributed by atoms with van der Waals surface area (Å²) in [6.07, 6.45) is 0. The molecule has 0 rings (SSSR count). The quantitative estimate of drug-likeness (QED) is 0.449. The molecular formula is C4H7Cl2NO. The molecule has 0 saturated carbocycles. The first-order valence-corrected chi connectivity index (χ1v) is 2.84. The van der Waals surface area contributed by atoms with E-state index < -0.39 is 4.87 Å². The van der Waals surface area contributed by atoms with Gasteiger partial charge < -0.3 is 0 Å². The Kier molecular flexibility index (Phi) is 2.57. The Labute approximate surface area is 58.3 Å². The molecule has 0 aliphatic heterocycles. The van der Waals surface area contributed by atoms with Gasteiger partial charge in [-0.15, -0.1) is 11.6 Å². The highest BCUT2D eigenvalue weighted by atomic mass is 35.5. The third-order valence-electron chi connectivity index (χ3n) is 0.626. The second-order valence-electron chi connectivity index (χ2n) is 1.90. The van der Waals surface area contributed by atoms with E-state index in [1.165, 1.54) is 0 Å². The van der Waals surface area contributed by atoms with E-state index in [2.05, 4.69) is 0 Å². The molecule has 0 atom stereocenters. The van der Waals surface area contributed by atoms with Crippen molar-refractivity contribution in [3.8, 4) is 0 Å². The molecular weight excluding hydrogens is 149 g/mol. The maximum atomic E-state index is 10.5. The van der Waals surface area contributed by atoms with Gasteiger partial charge >= 0.3 is 0 Å². The van der Waals surface area contributed by atoms with Crippen molar-refractivity contribution in [1.82, 2.24) is 4.84 Å². The van der Waals surface area contributed by atoms with Gasteiger partial charge in [0.2, 0.25) is 0 Å². The fourth-order valence-electron chi connectivity index (χ4n) is 0.112. The monoisotopic (exact) mass is 155 g/mol. The smallest absolute Gasteiger partial charge is 0.254 e. The highest BCUT2D eigenvalue weighted by molar-refractivity contribution is 6.37. The van der Waals surface area contributed by atoms with Crippen LogP contribution in [0, 0.1) is 0 Å². The molecule has 0 aromatic rings. The summed E-state index contributed by atoms with van der Waals surface area (Å²) in [7, 11) is 0. The number of carbonyl (C=O) groups is 1. The van der Waals surface area contributed by atoms with Crippen molar-refractivity contribution in [2.75, 3.05) is 0 Å². The van der Waals surface area contributed by atoms with Gasteiger partial charge in [-0.25, -0.2) is 0 Å². The van der Waals surface area contributed by atoms with Crippen molar-refractivity contribution >= 4 is 29.3 Å². The van der Waals surface area contributed by atoms with Crippen molar-refractivity contribution in [2.45, 2.75) is 18.7 Å². The summed E-state index contributed by atoms with van der Waals surface area (Å²) in [5.74, 6) is -0.388. The zero-order chi connectivity index (χ0) is 6.78. The summed E-state index contributed by atoms with van der Waals surface area (Å²) in [5, 5.41) is 0. The molecule has 0 aromatic carbocycles. The fourth-order valence-corrected chi connectivity index (χ4v) is 0.444. The second kappa shape index (κ2) is 2.55. The Morgan fingerprint density at radius 1 is 1.62 bits per heavy atom. The van der Waals surface area contributed by atoms with Crippen molar-refractivity contribution in [2.24, 2.45) is 0 Å². The predicted molar refractivity (Wildman–Crippen MR) is 33.9 cm³/mol. The highest BCUT2D eigenvalue weighted by Gasteiger charge is 2.22. The minimum Gasteiger partial charge on any atom is -0.272 e. The lowest BCUT2D eigenvalue weighted by Gasteiger charge is -2.10. The normalized spacial score (nSPS) is 11.0. The summed E-state index contributed by atoms with van der Waals surface area (Å²) in [5.41, 5.74) is 0. The Morgan fingerprint density at radius 3 is 2.00 bits per heavy atom. The lowest BCUT2D eigenvalue weighted by Crippen LogP contribution is -2.32. The fraction of sp³-hybridized carbons (Fsp3) is 0.750. The van der Waals surface area contributed by atoms with Crippen LogP contribution in [0.25, 0.3) is 0 Å². The van der Waals surface area contributed by atoms with Crippen molar-refractivity contribution in [3.63, 3.8) is 0 Å². The number of hydrogen-bond acceptors (Lipinski definition) is 1. The Balaban J connectivity index is 3.82. The summed E-state index contributed by atoms with van der Waals surface area (Å²) >= 11 is 10.4. The molecule has 1 amide bonds. The first kappa shape index (κ1) is 8.05. The molecule has 0 fully saturated rings. The molecule has 2 nitrogen and oxygen atoms in total. The van der Waals surface area contributed by atoms with Gasteiger partial charge in [0.15, 0.2) is 0 Å². The molecule has 0 bridgehead atoms. The number of halogens is 2. The average Bonchev–Trinajstić information content (AvgIpc) is 1.62. The van der Waals surface area contributed by atoms with Gasteiger partial charge in [0, 0.05) is 11.8 Å². The standard InChI is InChI=1S/C4H7Cl2NO/c1-4(2,5)3(8)7-6/h1-2H3,(H,7,8). The van der Waals surface area contributed by atoms with E-state index in [-0.39, 0.29) is 5.91 Å². The largest absolute Gasteiger partial charge is 0.272 e. The topological polar surface area (TPSA) is 29.1 Å². The van der Waals surface area contributed by atoms with Crippen molar-refractivity contribution < 1.29 is 4.79 Å². The van der Waals surface area contributed by atoms with Crippen molar-refractivity contribution in [3.05, 3.63) is 0 Å². The average molecular weight is 156 g/mol. The molecule has 0 aliphatic rings. The number of alkyl halides is 1. The molecule has 0 aliphatic carbocycles. The van der Waals surface area contributed by atoms with E-state index in [0.717, 1.165) is 0 Å². The van der Waals surface area contributed by atoms with Crippen LogP contribution in [0.2, 0.25) is 0 Å². The van der Waals surface area contributed by atoms with Crippen LogP contribution < -0.4 is 4.84 Å². The van der Waals surface area contributed by atoms with Gasteiger partial charge in [-0.2, -0.15) is 0 Å². The van der Waals surface area contributed by atoms with Gasteiger partial charge in [-0.3, -0.25) is 9.63 Å². The Bertz CT molecular complexity index is 96.7. The molecule has 0 aromatic heterocycles. The molecule has 4 heteroatoms. The van der Waals surface area contributed by atoms with Gasteiger partial charge in [-0.1, -0.05) is 0 Å². The molecule has 8 heavy (non-hydrogen) atoms. The molecule has 0 radical (unpaired) electrons. The van der Waals surface area contributed by atoms with Crippen LogP contribution in [0.5, 0.6) is 0 Å². The lowest BCUT2D eigenvalue weighted by atomic mass is 10.2. The lowest BCUT2D eigenvalue weighted by molar-refractivity contribution is -0.121. The zero-order valence-corrected chi connectivity index (χ0v) is 6.18. The predicted octanol–water partition coefficient (Wildman–Crippen LogP) is 1.27. The third kappa shape index (κ3) is 2.38. The third-order valence-corrected chi connectivity index (χ3v) is 0.969. The van der Waals surface area contributed by atoms with Gasteiger partial charge in [-0.05, 0) is 13.8 Å². The summed E-state index contributed by atoms with van der Waals surface area (Å²) in [6, 6.07) is 0. The van der Waals surface area contributed by atoms with Crippen LogP contribution in [-0.2, 0) is 4.79 Å². The summed E-state index contributed by atoms with van der Waals surface area (Å²) in [4.78, 5) is 11.5. The SMILES string of the molecule is CC(C)(Cl)C(=O)NCl.